The van der Waals surface area contributed by atoms with Gasteiger partial charge in [-0.1, -0.05) is 309 Å². The molecule has 0 radical (unpaired) electrons. The first-order chi connectivity index (χ1) is 59.7. The molecule has 650 valence electrons. The highest BCUT2D eigenvalue weighted by Crippen LogP contribution is 2.52. The number of aryl methyl sites for hydroxylation is 4. The van der Waals surface area contributed by atoms with Gasteiger partial charge in [0.2, 0.25) is 0 Å². The maximum atomic E-state index is 16.8. The summed E-state index contributed by atoms with van der Waals surface area (Å²) in [5, 5.41) is 3.11. The van der Waals surface area contributed by atoms with Gasteiger partial charge in [-0.3, -0.25) is 28.8 Å². The fraction of sp³-hybridized carbons (Fsp3) is 0.519. The predicted molar refractivity (Wildman–Crippen MR) is 532 cm³/mol. The largest absolute Gasteiger partial charge is 0.307 e. The minimum atomic E-state index is -0.201. The van der Waals surface area contributed by atoms with Crippen LogP contribution < -0.4 is 11.1 Å². The Labute approximate surface area is 752 Å². The lowest BCUT2D eigenvalue weighted by Gasteiger charge is -2.21. The zero-order valence-corrected chi connectivity index (χ0v) is 79.8. The molecule has 2 aliphatic carbocycles. The monoisotopic (exact) mass is 1750 g/mol. The number of nitrogens with zero attached hydrogens (tertiary/aromatic N) is 2. The van der Waals surface area contributed by atoms with Crippen LogP contribution >= 0.6 is 68.0 Å². The lowest BCUT2D eigenvalue weighted by Crippen LogP contribution is -2.26. The Hall–Kier alpha value is -7.04. The van der Waals surface area contributed by atoms with Gasteiger partial charge in [0, 0.05) is 106 Å². The van der Waals surface area contributed by atoms with E-state index in [1.54, 1.807) is 46.9 Å². The molecule has 2 atom stereocenters. The maximum Gasteiger partial charge on any atom is 0.259 e. The Morgan fingerprint density at radius 2 is 0.541 bits per heavy atom. The summed E-state index contributed by atoms with van der Waals surface area (Å²) in [6.45, 7) is 19.5. The number of unbranched alkanes of at least 4 members (excludes halogenated alkanes) is 28. The van der Waals surface area contributed by atoms with E-state index >= 15 is 9.59 Å². The molecule has 14 heteroatoms. The molecule has 2 unspecified atom stereocenters. The lowest BCUT2D eigenvalue weighted by molar-refractivity contribution is 0.0975. The molecular weight excluding hydrogens is 1610 g/mol. The first-order valence-corrected chi connectivity index (χ1v) is 53.0. The van der Waals surface area contributed by atoms with Crippen LogP contribution in [0.2, 0.25) is 0 Å². The second-order valence-electron chi connectivity index (χ2n) is 35.7. The minimum Gasteiger partial charge on any atom is -0.307 e. The van der Waals surface area contributed by atoms with Gasteiger partial charge in [-0.15, -0.1) is 68.0 Å². The Bertz CT molecular complexity index is 5160. The van der Waals surface area contributed by atoms with Gasteiger partial charge >= 0.3 is 0 Å². The van der Waals surface area contributed by atoms with E-state index in [4.69, 9.17) is 0 Å². The van der Waals surface area contributed by atoms with Crippen LogP contribution in [-0.4, -0.2) is 32.3 Å². The van der Waals surface area contributed by atoms with Crippen LogP contribution in [0, 0.1) is 11.8 Å². The summed E-state index contributed by atoms with van der Waals surface area (Å²) in [6.07, 6.45) is 53.8. The van der Waals surface area contributed by atoms with Crippen molar-refractivity contribution in [1.29, 1.82) is 0 Å². The number of carbonyl (C=O) groups is 4. The van der Waals surface area contributed by atoms with E-state index < -0.39 is 0 Å². The zero-order valence-electron chi connectivity index (χ0n) is 74.9. The molecule has 0 aliphatic heterocycles. The SMILES string of the molecule is CCCCCCCCC(CCCCCC)Cn1c(=O)c2cc3c(cc2c2sc(-c4sc(-c5sc(C=C6C(=O)c7ccccc7C6=O)cc5CCCCCC)cc4CCCCCC)cc21)c(=O)n(CC(CCCCCC)CCCCCCCC)c1cc(-c2sc(-c4sc(C=C5C(=O)c6ccccc6C5=O)cc4CCCCCC)cc2CCCCCC)sc31. The van der Waals surface area contributed by atoms with E-state index in [1.807, 2.05) is 81.8 Å². The predicted octanol–water partition coefficient (Wildman–Crippen LogP) is 33.8. The van der Waals surface area contributed by atoms with E-state index in [-0.39, 0.29) is 45.4 Å². The summed E-state index contributed by atoms with van der Waals surface area (Å²) < 4.78 is 6.57. The number of benzene rings is 3. The van der Waals surface area contributed by atoms with Crippen molar-refractivity contribution < 1.29 is 19.2 Å². The Morgan fingerprint density at radius 3 is 0.852 bits per heavy atom. The highest BCUT2D eigenvalue weighted by Gasteiger charge is 2.36. The Morgan fingerprint density at radius 1 is 0.279 bits per heavy atom. The average molecular weight is 1750 g/mol. The number of carbonyl (C=O) groups excluding carboxylic acids is 4. The van der Waals surface area contributed by atoms with Crippen LogP contribution in [0.1, 0.15) is 386 Å². The number of allylic oxidation sites excluding steroid dienone is 2. The number of hydrogen-bond acceptors (Lipinski definition) is 12. The van der Waals surface area contributed by atoms with Gasteiger partial charge in [-0.25, -0.2) is 0 Å². The molecule has 13 rings (SSSR count). The third-order valence-electron chi connectivity index (χ3n) is 26.1. The highest BCUT2D eigenvalue weighted by atomic mass is 32.1. The second-order valence-corrected chi connectivity index (χ2v) is 42.0. The molecule has 0 saturated carbocycles. The zero-order chi connectivity index (χ0) is 85.4. The van der Waals surface area contributed by atoms with Crippen LogP contribution in [0.5, 0.6) is 0 Å². The number of fused-ring (bicyclic) bond motifs is 8. The standard InChI is InChI=1S/C108H136N2O6S6/c1-9-17-25-33-35-39-51-73(49-37-27-19-11-3)71-109-91-69-95(103-77(55-43-31-23-15-7)63-93(119-103)101-75(53-41-29-21-13-5)61-79(117-101)65-89-97(111)81-57-45-46-58-82(81)98(89)112)121-105(91)85-68-88-86(67-87(85)107(109)115)106-92(110(108(88)116)72-74(50-38-28-20-12-4)52-40-36-34-26-18-10-2)70-96(122-106)104-78(56-44-32-24-16-8)64-94(120-104)102-76(54-42-30-22-14-6)62-80(118-102)66-90-99(113)83-59-47-48-60-84(83)100(90)114/h45-48,57-70,73-74H,9-44,49-56,71-72H2,1-8H3. The molecule has 0 fully saturated rings. The van der Waals surface area contributed by atoms with Gasteiger partial charge in [-0.2, -0.15) is 0 Å². The number of hydrogen-bond donors (Lipinski definition) is 0. The summed E-state index contributed by atoms with van der Waals surface area (Å²) in [5.41, 5.74) is 9.58. The minimum absolute atomic E-state index is 0.0299. The molecule has 8 nitrogen and oxygen atoms in total. The normalized spacial score (nSPS) is 13.5. The second kappa shape index (κ2) is 46.4. The van der Waals surface area contributed by atoms with Crippen molar-refractivity contribution in [1.82, 2.24) is 9.13 Å². The quantitative estimate of drug-likeness (QED) is 0.0162. The summed E-state index contributed by atoms with van der Waals surface area (Å²) in [7, 11) is 0. The van der Waals surface area contributed by atoms with Gasteiger partial charge in [0.25, 0.3) is 11.1 Å². The Balaban J connectivity index is 1.02. The van der Waals surface area contributed by atoms with E-state index in [9.17, 15) is 19.2 Å². The van der Waals surface area contributed by atoms with Gasteiger partial charge < -0.3 is 9.13 Å². The molecule has 0 bridgehead atoms. The number of ketones is 4. The molecule has 3 aromatic carbocycles. The van der Waals surface area contributed by atoms with E-state index in [1.165, 1.54) is 180 Å². The van der Waals surface area contributed by atoms with Gasteiger partial charge in [0.05, 0.1) is 31.6 Å². The van der Waals surface area contributed by atoms with E-state index in [0.29, 0.717) is 58.0 Å². The first kappa shape index (κ1) is 92.6. The molecule has 11 aromatic rings. The fourth-order valence-corrected chi connectivity index (χ4v) is 26.7. The van der Waals surface area contributed by atoms with Crippen molar-refractivity contribution in [3.8, 4) is 39.0 Å². The van der Waals surface area contributed by atoms with Crippen molar-refractivity contribution in [3.63, 3.8) is 0 Å². The van der Waals surface area contributed by atoms with Crippen molar-refractivity contribution in [2.45, 2.75) is 351 Å². The number of rotatable bonds is 54. The summed E-state index contributed by atoms with van der Waals surface area (Å²) in [5.74, 6) is -0.173. The van der Waals surface area contributed by atoms with Crippen LogP contribution in [0.15, 0.2) is 118 Å². The summed E-state index contributed by atoms with van der Waals surface area (Å²) >= 11 is 10.8. The molecule has 0 N–H and O–H groups in total. The molecule has 8 heterocycles. The van der Waals surface area contributed by atoms with E-state index in [0.717, 1.165) is 205 Å². The van der Waals surface area contributed by atoms with Crippen LogP contribution in [-0.2, 0) is 38.8 Å². The smallest absolute Gasteiger partial charge is 0.259 e. The van der Waals surface area contributed by atoms with Crippen molar-refractivity contribution >= 4 is 145 Å². The van der Waals surface area contributed by atoms with Crippen LogP contribution in [0.3, 0.4) is 0 Å². The average Bonchev–Trinajstić information content (AvgIpc) is 1.46. The molecule has 2 aliphatic rings. The van der Waals surface area contributed by atoms with Crippen molar-refractivity contribution in [2.24, 2.45) is 11.8 Å². The first-order valence-electron chi connectivity index (χ1n) is 48.1. The molecule has 8 aromatic heterocycles. The summed E-state index contributed by atoms with van der Waals surface area (Å²) in [4.78, 5) is 101. The molecule has 0 saturated heterocycles. The maximum absolute atomic E-state index is 16.8. The molecule has 0 amide bonds. The van der Waals surface area contributed by atoms with Gasteiger partial charge in [0.15, 0.2) is 23.1 Å². The fourth-order valence-electron chi connectivity index (χ4n) is 19.1. The molecule has 0 spiro atoms. The van der Waals surface area contributed by atoms with Gasteiger partial charge in [-0.05, 0) is 172 Å². The van der Waals surface area contributed by atoms with Gasteiger partial charge in [0.1, 0.15) is 0 Å². The van der Waals surface area contributed by atoms with Crippen molar-refractivity contribution in [3.05, 3.63) is 183 Å². The number of thiophene rings is 6. The third-order valence-corrected chi connectivity index (χ3v) is 33.7. The van der Waals surface area contributed by atoms with Crippen LogP contribution in [0.4, 0.5) is 0 Å². The van der Waals surface area contributed by atoms with Crippen LogP contribution in [0.25, 0.3) is 93.1 Å². The molecular formula is C108H136N2O6S6. The number of aromatic nitrogens is 2. The number of Topliss-reactive ketones (excluding diaryl/α,β-unsaturated/α-hetero) is 4. The highest BCUT2D eigenvalue weighted by molar-refractivity contribution is 7.30. The number of pyridine rings is 2. The Kier molecular flexibility index (Phi) is 35.3. The summed E-state index contributed by atoms with van der Waals surface area (Å²) in [6, 6.07) is 33.1. The third kappa shape index (κ3) is 22.5. The molecule has 122 heavy (non-hydrogen) atoms. The van der Waals surface area contributed by atoms with E-state index in [2.05, 4.69) is 113 Å². The lowest BCUT2D eigenvalue weighted by atomic mass is 9.93. The topological polar surface area (TPSA) is 112 Å². The van der Waals surface area contributed by atoms with Crippen molar-refractivity contribution in [2.75, 3.05) is 0 Å².